The first-order chi connectivity index (χ1) is 17.1. The number of pyridine rings is 1. The van der Waals surface area contributed by atoms with E-state index in [9.17, 15) is 9.18 Å². The van der Waals surface area contributed by atoms with Crippen LogP contribution in [0.3, 0.4) is 0 Å². The zero-order chi connectivity index (χ0) is 26.1. The highest BCUT2D eigenvalue weighted by Gasteiger charge is 2.26. The van der Waals surface area contributed by atoms with E-state index in [-0.39, 0.29) is 16.7 Å². The maximum atomic E-state index is 13.3. The lowest BCUT2D eigenvalue weighted by Gasteiger charge is -2.35. The SMILES string of the molecule is C=C(/C=C\C(Cl)=C/C(C)F)c1c(C)c(N2CCO[C@H](c3cnn(C)c3)C2)cn2c(=O)c(C)c(C)nc12. The lowest BCUT2D eigenvalue weighted by atomic mass is 9.99. The summed E-state index contributed by atoms with van der Waals surface area (Å²) in [7, 11) is 1.88. The Morgan fingerprint density at radius 1 is 1.28 bits per heavy atom. The summed E-state index contributed by atoms with van der Waals surface area (Å²) < 4.78 is 22.7. The van der Waals surface area contributed by atoms with Gasteiger partial charge in [0.25, 0.3) is 5.56 Å². The second-order valence-electron chi connectivity index (χ2n) is 9.18. The molecule has 3 aromatic heterocycles. The summed E-state index contributed by atoms with van der Waals surface area (Å²) in [6.45, 7) is 13.1. The van der Waals surface area contributed by atoms with Gasteiger partial charge in [0, 0.05) is 59.9 Å². The van der Waals surface area contributed by atoms with Gasteiger partial charge in [0.15, 0.2) is 0 Å². The number of halogens is 2. The molecule has 1 fully saturated rings. The molecule has 4 rings (SSSR count). The van der Waals surface area contributed by atoms with Gasteiger partial charge in [0.1, 0.15) is 17.9 Å². The van der Waals surface area contributed by atoms with Gasteiger partial charge in [0.2, 0.25) is 0 Å². The van der Waals surface area contributed by atoms with Gasteiger partial charge in [-0.15, -0.1) is 0 Å². The predicted molar refractivity (Wildman–Crippen MR) is 142 cm³/mol. The van der Waals surface area contributed by atoms with E-state index in [1.807, 2.05) is 39.5 Å². The maximum Gasteiger partial charge on any atom is 0.261 e. The van der Waals surface area contributed by atoms with Crippen LogP contribution >= 0.6 is 11.6 Å². The number of fused-ring (bicyclic) bond motifs is 1. The Balaban J connectivity index is 1.84. The normalized spacial score (nSPS) is 17.8. The fraction of sp³-hybridized carbons (Fsp3) is 0.370. The van der Waals surface area contributed by atoms with Crippen LogP contribution in [0, 0.1) is 20.8 Å². The highest BCUT2D eigenvalue weighted by molar-refractivity contribution is 6.31. The number of anilines is 1. The van der Waals surface area contributed by atoms with E-state index in [0.29, 0.717) is 42.2 Å². The minimum Gasteiger partial charge on any atom is -0.370 e. The van der Waals surface area contributed by atoms with Crippen LogP contribution in [-0.4, -0.2) is 45.0 Å². The van der Waals surface area contributed by atoms with Crippen molar-refractivity contribution in [1.82, 2.24) is 19.2 Å². The van der Waals surface area contributed by atoms with E-state index in [0.717, 1.165) is 22.4 Å². The Bertz CT molecular complexity index is 1440. The number of morpholine rings is 1. The molecular formula is C27H31ClFN5O2. The van der Waals surface area contributed by atoms with Crippen molar-refractivity contribution >= 4 is 28.5 Å². The molecule has 1 aliphatic heterocycles. The molecule has 4 heterocycles. The summed E-state index contributed by atoms with van der Waals surface area (Å²) >= 11 is 6.16. The molecule has 1 unspecified atom stereocenters. The topological polar surface area (TPSA) is 64.7 Å². The average molecular weight is 512 g/mol. The Morgan fingerprint density at radius 3 is 2.69 bits per heavy atom. The summed E-state index contributed by atoms with van der Waals surface area (Å²) in [5, 5.41) is 4.55. The molecule has 0 aromatic carbocycles. The Hall–Kier alpha value is -3.23. The summed E-state index contributed by atoms with van der Waals surface area (Å²) in [4.78, 5) is 20.3. The first kappa shape index (κ1) is 25.9. The van der Waals surface area contributed by atoms with Crippen LogP contribution in [0.4, 0.5) is 10.1 Å². The Morgan fingerprint density at radius 2 is 2.03 bits per heavy atom. The molecule has 2 atom stereocenters. The van der Waals surface area contributed by atoms with Crippen molar-refractivity contribution in [2.75, 3.05) is 24.6 Å². The van der Waals surface area contributed by atoms with E-state index < -0.39 is 6.17 Å². The van der Waals surface area contributed by atoms with Crippen molar-refractivity contribution in [2.45, 2.75) is 40.0 Å². The highest BCUT2D eigenvalue weighted by atomic mass is 35.5. The van der Waals surface area contributed by atoms with Gasteiger partial charge < -0.3 is 9.64 Å². The van der Waals surface area contributed by atoms with E-state index in [4.69, 9.17) is 21.3 Å². The van der Waals surface area contributed by atoms with Gasteiger partial charge in [-0.05, 0) is 51.0 Å². The Kier molecular flexibility index (Phi) is 7.47. The fourth-order valence-corrected chi connectivity index (χ4v) is 4.69. The van der Waals surface area contributed by atoms with E-state index in [2.05, 4.69) is 16.6 Å². The van der Waals surface area contributed by atoms with Gasteiger partial charge in [0.05, 0.1) is 18.5 Å². The van der Waals surface area contributed by atoms with E-state index >= 15 is 0 Å². The number of allylic oxidation sites excluding steroid dienone is 5. The lowest BCUT2D eigenvalue weighted by molar-refractivity contribution is 0.0397. The number of hydrogen-bond acceptors (Lipinski definition) is 5. The largest absolute Gasteiger partial charge is 0.370 e. The van der Waals surface area contributed by atoms with E-state index in [1.54, 1.807) is 28.2 Å². The molecule has 0 radical (unpaired) electrons. The number of ether oxygens (including phenoxy) is 1. The summed E-state index contributed by atoms with van der Waals surface area (Å²) in [6.07, 6.45) is 8.97. The quantitative estimate of drug-likeness (QED) is 0.437. The molecule has 1 saturated heterocycles. The first-order valence-corrected chi connectivity index (χ1v) is 12.2. The third-order valence-corrected chi connectivity index (χ3v) is 6.73. The molecule has 0 aliphatic carbocycles. The number of nitrogens with zero attached hydrogens (tertiary/aromatic N) is 5. The molecule has 7 nitrogen and oxygen atoms in total. The first-order valence-electron chi connectivity index (χ1n) is 11.8. The number of aryl methyl sites for hydroxylation is 2. The van der Waals surface area contributed by atoms with Gasteiger partial charge in [-0.3, -0.25) is 13.9 Å². The third-order valence-electron chi connectivity index (χ3n) is 6.48. The number of hydrogen-bond donors (Lipinski definition) is 0. The van der Waals surface area contributed by atoms with Crippen molar-refractivity contribution in [3.8, 4) is 0 Å². The van der Waals surface area contributed by atoms with Crippen LogP contribution in [-0.2, 0) is 11.8 Å². The van der Waals surface area contributed by atoms with Crippen LogP contribution in [0.25, 0.3) is 11.2 Å². The van der Waals surface area contributed by atoms with Crippen molar-refractivity contribution in [2.24, 2.45) is 7.05 Å². The van der Waals surface area contributed by atoms with Crippen molar-refractivity contribution < 1.29 is 9.13 Å². The van der Waals surface area contributed by atoms with Gasteiger partial charge in [-0.1, -0.05) is 24.3 Å². The molecule has 0 spiro atoms. The minimum atomic E-state index is -1.17. The second kappa shape index (κ2) is 10.4. The fourth-order valence-electron chi connectivity index (χ4n) is 4.46. The number of alkyl halides is 1. The summed E-state index contributed by atoms with van der Waals surface area (Å²) in [5.41, 5.74) is 5.85. The van der Waals surface area contributed by atoms with E-state index in [1.165, 1.54) is 13.0 Å². The van der Waals surface area contributed by atoms with Crippen LogP contribution in [0.2, 0.25) is 0 Å². The molecular weight excluding hydrogens is 481 g/mol. The highest BCUT2D eigenvalue weighted by Crippen LogP contribution is 2.34. The van der Waals surface area contributed by atoms with Crippen LogP contribution in [0.1, 0.15) is 41.0 Å². The number of aromatic nitrogens is 4. The zero-order valence-electron chi connectivity index (χ0n) is 21.3. The average Bonchev–Trinajstić information content (AvgIpc) is 3.27. The molecule has 0 N–H and O–H groups in total. The van der Waals surface area contributed by atoms with Crippen molar-refractivity contribution in [3.05, 3.63) is 86.7 Å². The van der Waals surface area contributed by atoms with Gasteiger partial charge in [-0.2, -0.15) is 5.10 Å². The third kappa shape index (κ3) is 5.15. The minimum absolute atomic E-state index is 0.127. The molecule has 0 bridgehead atoms. The molecule has 0 saturated carbocycles. The Labute approximate surface area is 215 Å². The second-order valence-corrected chi connectivity index (χ2v) is 9.61. The monoisotopic (exact) mass is 511 g/mol. The summed E-state index contributed by atoms with van der Waals surface area (Å²) in [6, 6.07) is 0. The van der Waals surface area contributed by atoms with Crippen LogP contribution < -0.4 is 10.5 Å². The van der Waals surface area contributed by atoms with Gasteiger partial charge >= 0.3 is 0 Å². The zero-order valence-corrected chi connectivity index (χ0v) is 22.0. The molecule has 36 heavy (non-hydrogen) atoms. The maximum absolute atomic E-state index is 13.3. The molecule has 1 aliphatic rings. The number of rotatable bonds is 6. The van der Waals surface area contributed by atoms with Crippen molar-refractivity contribution in [3.63, 3.8) is 0 Å². The molecule has 0 amide bonds. The molecule has 3 aromatic rings. The predicted octanol–water partition coefficient (Wildman–Crippen LogP) is 4.98. The smallest absolute Gasteiger partial charge is 0.261 e. The molecule has 9 heteroatoms. The van der Waals surface area contributed by atoms with Crippen molar-refractivity contribution in [1.29, 1.82) is 0 Å². The van der Waals surface area contributed by atoms with Gasteiger partial charge in [-0.25, -0.2) is 9.37 Å². The van der Waals surface area contributed by atoms with Crippen LogP contribution in [0.5, 0.6) is 0 Å². The van der Waals surface area contributed by atoms with Crippen LogP contribution in [0.15, 0.2) is 53.2 Å². The lowest BCUT2D eigenvalue weighted by Crippen LogP contribution is -2.39. The summed E-state index contributed by atoms with van der Waals surface area (Å²) in [5.74, 6) is 0. The molecule has 190 valence electrons. The standard InChI is InChI=1S/C27H31ClFN5O2/c1-16(7-8-22(28)11-17(2)29)25-19(4)23(14-34-26(25)31-20(5)18(3)27(34)35)33-9-10-36-24(15-33)21-12-30-32(6)13-21/h7-8,11-14,17,24H,1,9-10,15H2,2-6H3/b8-7-,22-11+/t17?,24-/m0/s1.